The molecule has 0 radical (unpaired) electrons. The molecule has 0 atom stereocenters. The lowest BCUT2D eigenvalue weighted by Crippen LogP contribution is -2.18. The van der Waals surface area contributed by atoms with Crippen LogP contribution >= 0.6 is 11.3 Å². The summed E-state index contributed by atoms with van der Waals surface area (Å²) in [5.74, 6) is 1.57. The highest BCUT2D eigenvalue weighted by atomic mass is 32.1. The minimum atomic E-state index is -0.208. The van der Waals surface area contributed by atoms with Crippen molar-refractivity contribution in [2.75, 3.05) is 33.9 Å². The number of carbonyl (C=O) groups excluding carboxylic acids is 1. The van der Waals surface area contributed by atoms with Gasteiger partial charge in [-0.05, 0) is 97.2 Å². The number of benzene rings is 3. The Bertz CT molecular complexity index is 1370. The number of hydrogen-bond donors (Lipinski definition) is 0. The molecule has 1 fully saturated rings. The highest BCUT2D eigenvalue weighted by Crippen LogP contribution is 2.40. The van der Waals surface area contributed by atoms with Gasteiger partial charge in [0.2, 0.25) is 0 Å². The van der Waals surface area contributed by atoms with Gasteiger partial charge in [-0.25, -0.2) is 0 Å². The number of nitrogens with zero attached hydrogens (tertiary/aromatic N) is 1. The van der Waals surface area contributed by atoms with Crippen LogP contribution in [0.2, 0.25) is 0 Å². The molecule has 0 N–H and O–H groups in total. The van der Waals surface area contributed by atoms with E-state index < -0.39 is 0 Å². The minimum Gasteiger partial charge on any atom is -0.496 e. The second-order valence-corrected chi connectivity index (χ2v) is 10.8. The zero-order valence-electron chi connectivity index (χ0n) is 22.2. The monoisotopic (exact) mass is 529 g/mol. The molecule has 1 aromatic heterocycles. The van der Waals surface area contributed by atoms with Gasteiger partial charge >= 0.3 is 5.97 Å². The van der Waals surface area contributed by atoms with Crippen molar-refractivity contribution in [3.63, 3.8) is 0 Å². The van der Waals surface area contributed by atoms with Gasteiger partial charge in [0.15, 0.2) is 0 Å². The SMILES string of the molecule is COC(=O)CCCOc1ccc(-c2sc3ccccc3c2Cc2ccc(CN3CCCC3)c(OC)c2)cc1. The molecule has 5 rings (SSSR count). The van der Waals surface area contributed by atoms with Crippen LogP contribution in [0.1, 0.15) is 42.4 Å². The van der Waals surface area contributed by atoms with E-state index in [1.54, 1.807) is 7.11 Å². The van der Waals surface area contributed by atoms with Crippen LogP contribution in [0.25, 0.3) is 20.5 Å². The maximum Gasteiger partial charge on any atom is 0.305 e. The van der Waals surface area contributed by atoms with Crippen molar-refractivity contribution in [1.29, 1.82) is 0 Å². The fourth-order valence-corrected chi connectivity index (χ4v) is 6.36. The average Bonchev–Trinajstić information content (AvgIpc) is 3.60. The summed E-state index contributed by atoms with van der Waals surface area (Å²) in [6, 6.07) is 23.6. The highest BCUT2D eigenvalue weighted by molar-refractivity contribution is 7.22. The topological polar surface area (TPSA) is 48.0 Å². The number of fused-ring (bicyclic) bond motifs is 1. The Hall–Kier alpha value is -3.35. The lowest BCUT2D eigenvalue weighted by Gasteiger charge is -2.18. The summed E-state index contributed by atoms with van der Waals surface area (Å²) in [6.07, 6.45) is 4.41. The van der Waals surface area contributed by atoms with Gasteiger partial charge in [0, 0.05) is 28.1 Å². The van der Waals surface area contributed by atoms with Crippen LogP contribution in [0.3, 0.4) is 0 Å². The Morgan fingerprint density at radius 3 is 2.53 bits per heavy atom. The van der Waals surface area contributed by atoms with E-state index in [0.717, 1.165) is 24.5 Å². The fraction of sp³-hybridized carbons (Fsp3) is 0.344. The van der Waals surface area contributed by atoms with E-state index in [0.29, 0.717) is 19.4 Å². The van der Waals surface area contributed by atoms with Gasteiger partial charge in [-0.1, -0.05) is 30.3 Å². The molecule has 0 amide bonds. The van der Waals surface area contributed by atoms with Gasteiger partial charge in [0.05, 0.1) is 20.8 Å². The summed E-state index contributed by atoms with van der Waals surface area (Å²) in [6.45, 7) is 3.78. The number of likely N-dealkylation sites (tertiary alicyclic amines) is 1. The van der Waals surface area contributed by atoms with E-state index in [-0.39, 0.29) is 5.97 Å². The predicted octanol–water partition coefficient (Wildman–Crippen LogP) is 7.10. The van der Waals surface area contributed by atoms with E-state index in [1.165, 1.54) is 70.3 Å². The molecule has 0 bridgehead atoms. The molecule has 3 aromatic carbocycles. The zero-order valence-corrected chi connectivity index (χ0v) is 23.0. The second kappa shape index (κ2) is 12.5. The molecule has 1 aliphatic heterocycles. The molecule has 4 aromatic rings. The van der Waals surface area contributed by atoms with E-state index >= 15 is 0 Å². The first-order valence-electron chi connectivity index (χ1n) is 13.3. The largest absolute Gasteiger partial charge is 0.496 e. The summed E-state index contributed by atoms with van der Waals surface area (Å²) in [5.41, 5.74) is 5.03. The Balaban J connectivity index is 1.36. The molecule has 2 heterocycles. The van der Waals surface area contributed by atoms with Gasteiger partial charge in [-0.2, -0.15) is 0 Å². The van der Waals surface area contributed by atoms with Crippen LogP contribution in [-0.4, -0.2) is 44.8 Å². The van der Waals surface area contributed by atoms with Crippen molar-refractivity contribution >= 4 is 27.4 Å². The maximum absolute atomic E-state index is 11.3. The average molecular weight is 530 g/mol. The van der Waals surface area contributed by atoms with Crippen LogP contribution in [0.5, 0.6) is 11.5 Å². The third-order valence-electron chi connectivity index (χ3n) is 7.16. The molecule has 38 heavy (non-hydrogen) atoms. The molecule has 5 nitrogen and oxygen atoms in total. The Morgan fingerprint density at radius 2 is 1.76 bits per heavy atom. The van der Waals surface area contributed by atoms with Crippen LogP contribution < -0.4 is 9.47 Å². The van der Waals surface area contributed by atoms with Crippen molar-refractivity contribution in [2.45, 2.75) is 38.6 Å². The van der Waals surface area contributed by atoms with Crippen LogP contribution in [0.15, 0.2) is 66.7 Å². The van der Waals surface area contributed by atoms with Gasteiger partial charge in [0.1, 0.15) is 11.5 Å². The lowest BCUT2D eigenvalue weighted by molar-refractivity contribution is -0.140. The van der Waals surface area contributed by atoms with Crippen LogP contribution in [0.4, 0.5) is 0 Å². The van der Waals surface area contributed by atoms with E-state index in [4.69, 9.17) is 9.47 Å². The molecule has 0 spiro atoms. The van der Waals surface area contributed by atoms with E-state index in [9.17, 15) is 4.79 Å². The summed E-state index contributed by atoms with van der Waals surface area (Å²) >= 11 is 1.83. The summed E-state index contributed by atoms with van der Waals surface area (Å²) < 4.78 is 17.6. The summed E-state index contributed by atoms with van der Waals surface area (Å²) in [7, 11) is 3.18. The smallest absolute Gasteiger partial charge is 0.305 e. The molecular weight excluding hydrogens is 494 g/mol. The summed E-state index contributed by atoms with van der Waals surface area (Å²) in [5, 5.41) is 1.30. The first-order valence-corrected chi connectivity index (χ1v) is 14.1. The summed E-state index contributed by atoms with van der Waals surface area (Å²) in [4.78, 5) is 15.1. The molecule has 1 aliphatic rings. The quantitative estimate of drug-likeness (QED) is 0.153. The number of ether oxygens (including phenoxy) is 3. The molecule has 0 unspecified atom stereocenters. The Kier molecular flexibility index (Phi) is 8.61. The third-order valence-corrected chi connectivity index (χ3v) is 8.42. The third kappa shape index (κ3) is 6.20. The molecule has 1 saturated heterocycles. The number of thiophene rings is 1. The van der Waals surface area contributed by atoms with E-state index in [2.05, 4.69) is 64.2 Å². The first kappa shape index (κ1) is 26.3. The van der Waals surface area contributed by atoms with Crippen molar-refractivity contribution < 1.29 is 19.0 Å². The standard InChI is InChI=1S/C32H35NO4S/c1-35-29-21-23(11-12-25(29)22-33-17-5-6-18-33)20-28-27-8-3-4-9-30(27)38-32(28)24-13-15-26(16-14-24)37-19-7-10-31(34)36-2/h3-4,8-9,11-16,21H,5-7,10,17-20,22H2,1-2H3. The van der Waals surface area contributed by atoms with Gasteiger partial charge < -0.3 is 14.2 Å². The Morgan fingerprint density at radius 1 is 0.974 bits per heavy atom. The lowest BCUT2D eigenvalue weighted by atomic mass is 9.97. The minimum absolute atomic E-state index is 0.208. The second-order valence-electron chi connectivity index (χ2n) is 9.76. The maximum atomic E-state index is 11.3. The highest BCUT2D eigenvalue weighted by Gasteiger charge is 2.17. The Labute approximate surface area is 229 Å². The molecular formula is C32H35NO4S. The molecule has 6 heteroatoms. The van der Waals surface area contributed by atoms with Crippen molar-refractivity contribution in [2.24, 2.45) is 0 Å². The van der Waals surface area contributed by atoms with Gasteiger partial charge in [-0.3, -0.25) is 9.69 Å². The van der Waals surface area contributed by atoms with Crippen LogP contribution in [0, 0.1) is 0 Å². The predicted molar refractivity (Wildman–Crippen MR) is 154 cm³/mol. The molecule has 0 aliphatic carbocycles. The van der Waals surface area contributed by atoms with Crippen LogP contribution in [-0.2, 0) is 22.5 Å². The van der Waals surface area contributed by atoms with Gasteiger partial charge in [-0.15, -0.1) is 11.3 Å². The fourth-order valence-electron chi connectivity index (χ4n) is 5.13. The molecule has 0 saturated carbocycles. The van der Waals surface area contributed by atoms with Crippen molar-refractivity contribution in [1.82, 2.24) is 4.90 Å². The number of methoxy groups -OCH3 is 2. The molecule has 198 valence electrons. The van der Waals surface area contributed by atoms with E-state index in [1.807, 2.05) is 23.5 Å². The van der Waals surface area contributed by atoms with Crippen molar-refractivity contribution in [3.05, 3.63) is 83.4 Å². The number of hydrogen-bond acceptors (Lipinski definition) is 6. The zero-order chi connectivity index (χ0) is 26.3. The van der Waals surface area contributed by atoms with Crippen molar-refractivity contribution in [3.8, 4) is 21.9 Å². The number of rotatable bonds is 11. The normalized spacial score (nSPS) is 13.6. The number of carbonyl (C=O) groups is 1. The van der Waals surface area contributed by atoms with Gasteiger partial charge in [0.25, 0.3) is 0 Å². The first-order chi connectivity index (χ1) is 18.6. The number of esters is 1.